The summed E-state index contributed by atoms with van der Waals surface area (Å²) >= 11 is 1.20. The molecule has 2 heterocycles. The highest BCUT2D eigenvalue weighted by Gasteiger charge is 2.20. The van der Waals surface area contributed by atoms with E-state index in [0.717, 1.165) is 17.7 Å². The molecule has 2 aliphatic rings. The van der Waals surface area contributed by atoms with Crippen LogP contribution in [0.1, 0.15) is 39.9 Å². The zero-order valence-corrected chi connectivity index (χ0v) is 14.1. The molecule has 1 N–H and O–H groups in total. The fourth-order valence-corrected chi connectivity index (χ4v) is 3.25. The number of carbonyl (C=O) groups is 1. The van der Waals surface area contributed by atoms with Gasteiger partial charge in [-0.25, -0.2) is 4.79 Å². The monoisotopic (exact) mass is 359 g/mol. The molecule has 1 aliphatic heterocycles. The molecule has 0 aromatic carbocycles. The maximum Gasteiger partial charge on any atom is 0.345 e. The third-order valence-corrected chi connectivity index (χ3v) is 4.76. The van der Waals surface area contributed by atoms with Gasteiger partial charge in [-0.3, -0.25) is 0 Å². The van der Waals surface area contributed by atoms with Gasteiger partial charge in [-0.05, 0) is 25.0 Å². The Hall–Kier alpha value is -2.80. The standard InChI is InChI=1S/C18H17NO5S/c20-18(21)17-7-6-16(25-17)15(10-13-4-2-1-3-5-13)24-19-11-14-12-22-8-9-23-14/h1-2,4,6-9,11-12,15H,3,5,10H2,(H,20,21). The second kappa shape index (κ2) is 8.34. The van der Waals surface area contributed by atoms with Crippen LogP contribution in [-0.2, 0) is 14.3 Å². The maximum absolute atomic E-state index is 11.1. The van der Waals surface area contributed by atoms with Crippen molar-refractivity contribution >= 4 is 23.5 Å². The summed E-state index contributed by atoms with van der Waals surface area (Å²) in [5.74, 6) is -0.526. The van der Waals surface area contributed by atoms with Gasteiger partial charge in [0, 0.05) is 11.3 Å². The van der Waals surface area contributed by atoms with Gasteiger partial charge in [0.1, 0.15) is 29.9 Å². The van der Waals surface area contributed by atoms with Crippen LogP contribution in [0.25, 0.3) is 0 Å². The van der Waals surface area contributed by atoms with E-state index in [1.165, 1.54) is 41.9 Å². The Morgan fingerprint density at radius 3 is 3.04 bits per heavy atom. The quantitative estimate of drug-likeness (QED) is 0.572. The zero-order valence-electron chi connectivity index (χ0n) is 13.3. The predicted molar refractivity (Wildman–Crippen MR) is 94.1 cm³/mol. The number of aromatic carboxylic acids is 1. The van der Waals surface area contributed by atoms with Crippen molar-refractivity contribution in [1.29, 1.82) is 0 Å². The van der Waals surface area contributed by atoms with Crippen molar-refractivity contribution in [1.82, 2.24) is 0 Å². The highest BCUT2D eigenvalue weighted by atomic mass is 32.1. The molecule has 25 heavy (non-hydrogen) atoms. The minimum atomic E-state index is -0.942. The van der Waals surface area contributed by atoms with E-state index in [0.29, 0.717) is 12.2 Å². The molecular formula is C18H17NO5S. The Bertz CT molecular complexity index is 772. The van der Waals surface area contributed by atoms with Crippen molar-refractivity contribution in [2.24, 2.45) is 5.16 Å². The first-order valence-corrected chi connectivity index (χ1v) is 8.58. The van der Waals surface area contributed by atoms with Crippen LogP contribution in [-0.4, -0.2) is 17.3 Å². The molecule has 3 rings (SSSR count). The van der Waals surface area contributed by atoms with E-state index in [-0.39, 0.29) is 11.0 Å². The van der Waals surface area contributed by atoms with E-state index in [2.05, 4.69) is 17.3 Å². The Balaban J connectivity index is 1.72. The lowest BCUT2D eigenvalue weighted by atomic mass is 9.99. The van der Waals surface area contributed by atoms with Crippen molar-refractivity contribution in [2.75, 3.05) is 0 Å². The molecule has 1 aromatic rings. The lowest BCUT2D eigenvalue weighted by molar-refractivity contribution is 0.0612. The summed E-state index contributed by atoms with van der Waals surface area (Å²) in [6.45, 7) is 0. The van der Waals surface area contributed by atoms with Crippen LogP contribution in [0.2, 0.25) is 0 Å². The highest BCUT2D eigenvalue weighted by Crippen LogP contribution is 2.33. The number of ether oxygens (including phenoxy) is 2. The molecule has 0 amide bonds. The van der Waals surface area contributed by atoms with Crippen LogP contribution in [0.5, 0.6) is 0 Å². The Kier molecular flexibility index (Phi) is 5.69. The van der Waals surface area contributed by atoms with Crippen LogP contribution in [0, 0.1) is 0 Å². The van der Waals surface area contributed by atoms with Gasteiger partial charge in [-0.2, -0.15) is 0 Å². The average molecular weight is 359 g/mol. The molecule has 1 aliphatic carbocycles. The van der Waals surface area contributed by atoms with E-state index in [1.54, 1.807) is 12.1 Å². The second-order valence-electron chi connectivity index (χ2n) is 5.38. The van der Waals surface area contributed by atoms with Crippen molar-refractivity contribution in [2.45, 2.75) is 25.4 Å². The van der Waals surface area contributed by atoms with Crippen molar-refractivity contribution < 1.29 is 24.2 Å². The molecule has 1 aromatic heterocycles. The summed E-state index contributed by atoms with van der Waals surface area (Å²) in [4.78, 5) is 17.9. The highest BCUT2D eigenvalue weighted by molar-refractivity contribution is 7.14. The normalized spacial score (nSPS) is 17.4. The Labute approximate surface area is 149 Å². The van der Waals surface area contributed by atoms with E-state index in [1.807, 2.05) is 6.08 Å². The SMILES string of the molecule is O=C(O)c1ccc(C(CC2=CC=CCC2)ON=CC2=COC=CO2)s1. The van der Waals surface area contributed by atoms with Crippen molar-refractivity contribution in [3.8, 4) is 0 Å². The van der Waals surface area contributed by atoms with E-state index in [9.17, 15) is 4.79 Å². The molecule has 0 spiro atoms. The number of thiophene rings is 1. The fourth-order valence-electron chi connectivity index (χ4n) is 2.38. The van der Waals surface area contributed by atoms with Crippen LogP contribution >= 0.6 is 11.3 Å². The van der Waals surface area contributed by atoms with Gasteiger partial charge < -0.3 is 19.4 Å². The topological polar surface area (TPSA) is 77.4 Å². The minimum absolute atomic E-state index is 0.280. The summed E-state index contributed by atoms with van der Waals surface area (Å²) in [5.41, 5.74) is 1.24. The van der Waals surface area contributed by atoms with Gasteiger partial charge in [0.05, 0.1) is 0 Å². The number of nitrogens with zero attached hydrogens (tertiary/aromatic N) is 1. The second-order valence-corrected chi connectivity index (χ2v) is 6.49. The third kappa shape index (κ3) is 4.84. The van der Waals surface area contributed by atoms with E-state index < -0.39 is 5.97 Å². The number of carboxylic acids is 1. The van der Waals surface area contributed by atoms with Gasteiger partial charge in [-0.15, -0.1) is 11.3 Å². The molecule has 6 nitrogen and oxygen atoms in total. The molecule has 7 heteroatoms. The van der Waals surface area contributed by atoms with Crippen LogP contribution in [0.15, 0.2) is 65.6 Å². The molecule has 0 saturated carbocycles. The van der Waals surface area contributed by atoms with Gasteiger partial charge in [-0.1, -0.05) is 29.0 Å². The van der Waals surface area contributed by atoms with E-state index in [4.69, 9.17) is 19.4 Å². The lowest BCUT2D eigenvalue weighted by Crippen LogP contribution is -2.03. The molecule has 130 valence electrons. The first-order chi connectivity index (χ1) is 12.2. The molecule has 1 atom stereocenters. The molecule has 1 unspecified atom stereocenters. The summed E-state index contributed by atoms with van der Waals surface area (Å²) in [6, 6.07) is 3.36. The molecule has 0 radical (unpaired) electrons. The Morgan fingerprint density at radius 1 is 1.44 bits per heavy atom. The van der Waals surface area contributed by atoms with Crippen molar-refractivity contribution in [3.63, 3.8) is 0 Å². The number of rotatable bonds is 7. The average Bonchev–Trinajstić information content (AvgIpc) is 3.13. The zero-order chi connectivity index (χ0) is 17.5. The molecular weight excluding hydrogens is 342 g/mol. The molecule has 0 saturated heterocycles. The summed E-state index contributed by atoms with van der Waals surface area (Å²) in [7, 11) is 0. The summed E-state index contributed by atoms with van der Waals surface area (Å²) in [6.07, 6.45) is 14.1. The lowest BCUT2D eigenvalue weighted by Gasteiger charge is -2.17. The van der Waals surface area contributed by atoms with Gasteiger partial charge in [0.25, 0.3) is 0 Å². The van der Waals surface area contributed by atoms with Crippen molar-refractivity contribution in [3.05, 3.63) is 70.2 Å². The number of allylic oxidation sites excluding steroid dienone is 4. The van der Waals surface area contributed by atoms with Crippen LogP contribution in [0.4, 0.5) is 0 Å². The Morgan fingerprint density at radius 2 is 2.36 bits per heavy atom. The van der Waals surface area contributed by atoms with Gasteiger partial charge in [0.15, 0.2) is 11.9 Å². The summed E-state index contributed by atoms with van der Waals surface area (Å²) < 4.78 is 10.2. The van der Waals surface area contributed by atoms with Gasteiger partial charge >= 0.3 is 5.97 Å². The third-order valence-electron chi connectivity index (χ3n) is 3.59. The summed E-state index contributed by atoms with van der Waals surface area (Å²) in [5, 5.41) is 13.1. The van der Waals surface area contributed by atoms with Crippen LogP contribution < -0.4 is 0 Å². The van der Waals surface area contributed by atoms with Crippen LogP contribution in [0.3, 0.4) is 0 Å². The first kappa shape index (κ1) is 17.0. The van der Waals surface area contributed by atoms with Gasteiger partial charge in [0.2, 0.25) is 0 Å². The number of carboxylic acid groups (broad SMARTS) is 1. The minimum Gasteiger partial charge on any atom is -0.477 e. The first-order valence-electron chi connectivity index (χ1n) is 7.76. The fraction of sp³-hybridized carbons (Fsp3) is 0.222. The molecule has 0 fully saturated rings. The maximum atomic E-state index is 11.1. The smallest absolute Gasteiger partial charge is 0.345 e. The number of hydrogen-bond acceptors (Lipinski definition) is 6. The predicted octanol–water partition coefficient (Wildman–Crippen LogP) is 4.52. The molecule has 0 bridgehead atoms. The number of hydrogen-bond donors (Lipinski definition) is 1. The number of oxime groups is 1. The van der Waals surface area contributed by atoms with E-state index >= 15 is 0 Å². The largest absolute Gasteiger partial charge is 0.477 e.